The van der Waals surface area contributed by atoms with Crippen LogP contribution in [0.2, 0.25) is 0 Å². The summed E-state index contributed by atoms with van der Waals surface area (Å²) in [7, 11) is 0. The highest BCUT2D eigenvalue weighted by atomic mass is 16.5. The summed E-state index contributed by atoms with van der Waals surface area (Å²) < 4.78 is 11.5. The van der Waals surface area contributed by atoms with E-state index in [1.807, 2.05) is 73.7 Å². The average Bonchev–Trinajstić information content (AvgIpc) is 2.71. The zero-order valence-electron chi connectivity index (χ0n) is 16.2. The fraction of sp³-hybridized carbons (Fsp3) is 0.208. The van der Waals surface area contributed by atoms with Gasteiger partial charge in [0.15, 0.2) is 6.10 Å². The minimum atomic E-state index is -0.606. The number of carbonyl (C=O) groups is 1. The summed E-state index contributed by atoms with van der Waals surface area (Å²) in [5.74, 6) is 1.19. The van der Waals surface area contributed by atoms with E-state index in [2.05, 4.69) is 17.4 Å². The van der Waals surface area contributed by atoms with Gasteiger partial charge >= 0.3 is 0 Å². The molecule has 28 heavy (non-hydrogen) atoms. The van der Waals surface area contributed by atoms with Crippen LogP contribution in [0.3, 0.4) is 0 Å². The Balaban J connectivity index is 1.51. The molecule has 4 heteroatoms. The van der Waals surface area contributed by atoms with Gasteiger partial charge in [-0.3, -0.25) is 4.79 Å². The molecule has 1 atom stereocenters. The molecule has 0 bridgehead atoms. The molecule has 3 rings (SSSR count). The summed E-state index contributed by atoms with van der Waals surface area (Å²) in [6, 6.07) is 25.2. The van der Waals surface area contributed by atoms with Crippen LogP contribution in [-0.2, 0) is 11.2 Å². The largest absolute Gasteiger partial charge is 0.493 e. The van der Waals surface area contributed by atoms with E-state index in [1.54, 1.807) is 6.92 Å². The number of aryl methyl sites for hydroxylation is 1. The summed E-state index contributed by atoms with van der Waals surface area (Å²) in [6.45, 7) is 4.32. The van der Waals surface area contributed by atoms with Crippen molar-refractivity contribution in [2.75, 3.05) is 11.9 Å². The molecule has 0 aromatic heterocycles. The van der Waals surface area contributed by atoms with Crippen LogP contribution in [0, 0.1) is 6.92 Å². The minimum Gasteiger partial charge on any atom is -0.493 e. The Morgan fingerprint density at radius 2 is 1.68 bits per heavy atom. The van der Waals surface area contributed by atoms with Crippen molar-refractivity contribution in [1.82, 2.24) is 0 Å². The number of hydrogen-bond donors (Lipinski definition) is 1. The molecule has 1 amide bonds. The standard InChI is InChI=1S/C24H25NO3/c1-18-11-13-22(14-12-18)28-19(2)24(26)25-21-9-6-10-23(17-21)27-16-15-20-7-4-3-5-8-20/h3-14,17,19H,15-16H2,1-2H3,(H,25,26). The number of rotatable bonds is 8. The number of benzene rings is 3. The highest BCUT2D eigenvalue weighted by Crippen LogP contribution is 2.19. The fourth-order valence-corrected chi connectivity index (χ4v) is 2.71. The number of hydrogen-bond acceptors (Lipinski definition) is 3. The Hall–Kier alpha value is -3.27. The van der Waals surface area contributed by atoms with E-state index in [9.17, 15) is 4.79 Å². The van der Waals surface area contributed by atoms with Crippen LogP contribution in [0.5, 0.6) is 11.5 Å². The van der Waals surface area contributed by atoms with E-state index in [-0.39, 0.29) is 5.91 Å². The first-order chi connectivity index (χ1) is 13.6. The van der Waals surface area contributed by atoms with Crippen molar-refractivity contribution in [3.8, 4) is 11.5 Å². The summed E-state index contributed by atoms with van der Waals surface area (Å²) in [4.78, 5) is 12.4. The third-order valence-corrected chi connectivity index (χ3v) is 4.31. The summed E-state index contributed by atoms with van der Waals surface area (Å²) in [5.41, 5.74) is 3.06. The van der Waals surface area contributed by atoms with Crippen molar-refractivity contribution < 1.29 is 14.3 Å². The maximum atomic E-state index is 12.4. The second kappa shape index (κ2) is 9.60. The molecular formula is C24H25NO3. The number of nitrogens with one attached hydrogen (secondary N) is 1. The van der Waals surface area contributed by atoms with Crippen molar-refractivity contribution in [2.45, 2.75) is 26.4 Å². The third-order valence-electron chi connectivity index (χ3n) is 4.31. The van der Waals surface area contributed by atoms with Crippen molar-refractivity contribution in [3.63, 3.8) is 0 Å². The molecular weight excluding hydrogens is 350 g/mol. The lowest BCUT2D eigenvalue weighted by atomic mass is 10.2. The molecule has 0 saturated heterocycles. The van der Waals surface area contributed by atoms with E-state index in [0.29, 0.717) is 18.0 Å². The number of ether oxygens (including phenoxy) is 2. The summed E-state index contributed by atoms with van der Waals surface area (Å²) in [6.07, 6.45) is 0.226. The monoisotopic (exact) mass is 375 g/mol. The lowest BCUT2D eigenvalue weighted by Gasteiger charge is -2.15. The Morgan fingerprint density at radius 3 is 2.43 bits per heavy atom. The van der Waals surface area contributed by atoms with E-state index in [4.69, 9.17) is 9.47 Å². The van der Waals surface area contributed by atoms with Gasteiger partial charge in [0.1, 0.15) is 11.5 Å². The lowest BCUT2D eigenvalue weighted by molar-refractivity contribution is -0.122. The van der Waals surface area contributed by atoms with Crippen molar-refractivity contribution in [1.29, 1.82) is 0 Å². The molecule has 144 valence electrons. The zero-order chi connectivity index (χ0) is 19.8. The molecule has 0 fully saturated rings. The molecule has 3 aromatic rings. The molecule has 0 radical (unpaired) electrons. The first-order valence-electron chi connectivity index (χ1n) is 9.41. The lowest BCUT2D eigenvalue weighted by Crippen LogP contribution is -2.30. The third kappa shape index (κ3) is 5.88. The smallest absolute Gasteiger partial charge is 0.265 e. The van der Waals surface area contributed by atoms with E-state index < -0.39 is 6.10 Å². The van der Waals surface area contributed by atoms with Crippen LogP contribution >= 0.6 is 0 Å². The first kappa shape index (κ1) is 19.5. The Labute approximate surface area is 166 Å². The summed E-state index contributed by atoms with van der Waals surface area (Å²) in [5, 5.41) is 2.88. The van der Waals surface area contributed by atoms with Gasteiger partial charge < -0.3 is 14.8 Å². The van der Waals surface area contributed by atoms with Crippen molar-refractivity contribution in [3.05, 3.63) is 90.0 Å². The van der Waals surface area contributed by atoms with Crippen LogP contribution in [0.15, 0.2) is 78.9 Å². The highest BCUT2D eigenvalue weighted by Gasteiger charge is 2.15. The summed E-state index contributed by atoms with van der Waals surface area (Å²) >= 11 is 0. The molecule has 4 nitrogen and oxygen atoms in total. The maximum Gasteiger partial charge on any atom is 0.265 e. The van der Waals surface area contributed by atoms with Gasteiger partial charge in [0.2, 0.25) is 0 Å². The van der Waals surface area contributed by atoms with Crippen LogP contribution in [0.4, 0.5) is 5.69 Å². The quantitative estimate of drug-likeness (QED) is 0.601. The SMILES string of the molecule is Cc1ccc(OC(C)C(=O)Nc2cccc(OCCc3ccccc3)c2)cc1. The van der Waals surface area contributed by atoms with Crippen LogP contribution < -0.4 is 14.8 Å². The fourth-order valence-electron chi connectivity index (χ4n) is 2.71. The van der Waals surface area contributed by atoms with Gasteiger partial charge in [-0.1, -0.05) is 54.1 Å². The molecule has 1 N–H and O–H groups in total. The normalized spacial score (nSPS) is 11.5. The van der Waals surface area contributed by atoms with Crippen LogP contribution in [0.25, 0.3) is 0 Å². The topological polar surface area (TPSA) is 47.6 Å². The Kier molecular flexibility index (Phi) is 6.68. The Morgan fingerprint density at radius 1 is 0.929 bits per heavy atom. The number of carbonyl (C=O) groups excluding carboxylic acids is 1. The van der Waals surface area contributed by atoms with Crippen molar-refractivity contribution >= 4 is 11.6 Å². The van der Waals surface area contributed by atoms with Crippen LogP contribution in [0.1, 0.15) is 18.1 Å². The molecule has 0 aliphatic carbocycles. The number of amides is 1. The van der Waals surface area contributed by atoms with Gasteiger partial charge in [-0.2, -0.15) is 0 Å². The van der Waals surface area contributed by atoms with Gasteiger partial charge in [-0.25, -0.2) is 0 Å². The maximum absolute atomic E-state index is 12.4. The molecule has 1 unspecified atom stereocenters. The van der Waals surface area contributed by atoms with Gasteiger partial charge in [-0.15, -0.1) is 0 Å². The second-order valence-electron chi connectivity index (χ2n) is 6.67. The Bertz CT molecular complexity index is 891. The zero-order valence-corrected chi connectivity index (χ0v) is 16.2. The highest BCUT2D eigenvalue weighted by molar-refractivity contribution is 5.94. The molecule has 0 spiro atoms. The molecule has 0 aliphatic rings. The predicted octanol–water partition coefficient (Wildman–Crippen LogP) is 5.02. The molecule has 0 heterocycles. The van der Waals surface area contributed by atoms with Gasteiger partial charge in [-0.05, 0) is 43.7 Å². The van der Waals surface area contributed by atoms with Gasteiger partial charge in [0, 0.05) is 18.2 Å². The molecule has 0 saturated carbocycles. The second-order valence-corrected chi connectivity index (χ2v) is 6.67. The van der Waals surface area contributed by atoms with Gasteiger partial charge in [0.25, 0.3) is 5.91 Å². The predicted molar refractivity (Wildman–Crippen MR) is 112 cm³/mol. The number of anilines is 1. The minimum absolute atomic E-state index is 0.206. The molecule has 3 aromatic carbocycles. The van der Waals surface area contributed by atoms with Crippen LogP contribution in [-0.4, -0.2) is 18.6 Å². The van der Waals surface area contributed by atoms with E-state index >= 15 is 0 Å². The first-order valence-corrected chi connectivity index (χ1v) is 9.41. The van der Waals surface area contributed by atoms with Gasteiger partial charge in [0.05, 0.1) is 6.61 Å². The van der Waals surface area contributed by atoms with E-state index in [1.165, 1.54) is 5.56 Å². The van der Waals surface area contributed by atoms with Crippen molar-refractivity contribution in [2.24, 2.45) is 0 Å². The average molecular weight is 375 g/mol. The van der Waals surface area contributed by atoms with E-state index in [0.717, 1.165) is 17.7 Å². The molecule has 0 aliphatic heterocycles.